The van der Waals surface area contributed by atoms with Crippen LogP contribution in [0.1, 0.15) is 65.7 Å². The van der Waals surface area contributed by atoms with E-state index >= 15 is 0 Å². The van der Waals surface area contributed by atoms with Crippen LogP contribution >= 0.6 is 0 Å². The fourth-order valence-corrected chi connectivity index (χ4v) is 3.22. The SMILES string of the molecule is CCC(C)(C)C(=O)OC1CCC2CCCC2C1. The van der Waals surface area contributed by atoms with Gasteiger partial charge < -0.3 is 4.74 Å². The van der Waals surface area contributed by atoms with E-state index in [0.29, 0.717) is 0 Å². The lowest BCUT2D eigenvalue weighted by Gasteiger charge is -2.33. The van der Waals surface area contributed by atoms with Gasteiger partial charge in [-0.15, -0.1) is 0 Å². The second kappa shape index (κ2) is 4.99. The van der Waals surface area contributed by atoms with E-state index in [-0.39, 0.29) is 17.5 Å². The fraction of sp³-hybridized carbons (Fsp3) is 0.933. The highest BCUT2D eigenvalue weighted by Crippen LogP contribution is 2.43. The molecule has 2 heteroatoms. The Morgan fingerprint density at radius 2 is 1.88 bits per heavy atom. The van der Waals surface area contributed by atoms with Crippen LogP contribution in [0.25, 0.3) is 0 Å². The van der Waals surface area contributed by atoms with Gasteiger partial charge in [-0.1, -0.05) is 26.2 Å². The Kier molecular flexibility index (Phi) is 3.79. The van der Waals surface area contributed by atoms with Gasteiger partial charge in [0.25, 0.3) is 0 Å². The van der Waals surface area contributed by atoms with Crippen LogP contribution in [-0.2, 0) is 9.53 Å². The van der Waals surface area contributed by atoms with Crippen molar-refractivity contribution in [1.29, 1.82) is 0 Å². The predicted molar refractivity (Wildman–Crippen MR) is 68.6 cm³/mol. The van der Waals surface area contributed by atoms with E-state index in [1.165, 1.54) is 25.7 Å². The first-order valence-electron chi connectivity index (χ1n) is 7.24. The standard InChI is InChI=1S/C15H26O2/c1-4-15(2,3)14(16)17-13-9-8-11-6-5-7-12(11)10-13/h11-13H,4-10H2,1-3H3. The van der Waals surface area contributed by atoms with Crippen molar-refractivity contribution in [3.05, 3.63) is 0 Å². The minimum absolute atomic E-state index is 0.00134. The van der Waals surface area contributed by atoms with Crippen molar-refractivity contribution in [1.82, 2.24) is 0 Å². The van der Waals surface area contributed by atoms with E-state index < -0.39 is 0 Å². The average molecular weight is 238 g/mol. The molecule has 0 radical (unpaired) electrons. The Balaban J connectivity index is 1.86. The maximum atomic E-state index is 12.0. The topological polar surface area (TPSA) is 26.3 Å². The van der Waals surface area contributed by atoms with Gasteiger partial charge in [0.15, 0.2) is 0 Å². The van der Waals surface area contributed by atoms with Gasteiger partial charge in [-0.3, -0.25) is 4.79 Å². The Morgan fingerprint density at radius 1 is 1.18 bits per heavy atom. The van der Waals surface area contributed by atoms with E-state index in [0.717, 1.165) is 31.1 Å². The zero-order valence-electron chi connectivity index (χ0n) is 11.5. The van der Waals surface area contributed by atoms with E-state index in [1.54, 1.807) is 0 Å². The second-order valence-corrected chi connectivity index (χ2v) is 6.53. The first kappa shape index (κ1) is 12.9. The first-order chi connectivity index (χ1) is 8.03. The summed E-state index contributed by atoms with van der Waals surface area (Å²) in [6.45, 7) is 6.02. The van der Waals surface area contributed by atoms with Crippen LogP contribution in [0.15, 0.2) is 0 Å². The Bertz CT molecular complexity index is 283. The lowest BCUT2D eigenvalue weighted by molar-refractivity contribution is -0.162. The molecule has 0 heterocycles. The lowest BCUT2D eigenvalue weighted by Crippen LogP contribution is -2.34. The number of esters is 1. The van der Waals surface area contributed by atoms with Crippen molar-refractivity contribution in [2.24, 2.45) is 17.3 Å². The molecule has 0 aromatic rings. The summed E-state index contributed by atoms with van der Waals surface area (Å²) in [5.41, 5.74) is -0.313. The monoisotopic (exact) mass is 238 g/mol. The van der Waals surface area contributed by atoms with Gasteiger partial charge in [0, 0.05) is 0 Å². The maximum Gasteiger partial charge on any atom is 0.311 e. The average Bonchev–Trinajstić information content (AvgIpc) is 2.76. The summed E-state index contributed by atoms with van der Waals surface area (Å²) < 4.78 is 5.72. The second-order valence-electron chi connectivity index (χ2n) is 6.53. The molecule has 0 bridgehead atoms. The molecule has 2 nitrogen and oxygen atoms in total. The molecule has 3 unspecified atom stereocenters. The summed E-state index contributed by atoms with van der Waals surface area (Å²) in [7, 11) is 0. The highest BCUT2D eigenvalue weighted by molar-refractivity contribution is 5.75. The quantitative estimate of drug-likeness (QED) is 0.696. The molecule has 0 aliphatic heterocycles. The summed E-state index contributed by atoms with van der Waals surface area (Å²) in [4.78, 5) is 12.0. The minimum atomic E-state index is -0.313. The molecule has 17 heavy (non-hydrogen) atoms. The van der Waals surface area contributed by atoms with Crippen LogP contribution in [0, 0.1) is 17.3 Å². The van der Waals surface area contributed by atoms with Crippen molar-refractivity contribution in [3.8, 4) is 0 Å². The predicted octanol–water partition coefficient (Wildman–Crippen LogP) is 3.93. The van der Waals surface area contributed by atoms with Crippen molar-refractivity contribution in [3.63, 3.8) is 0 Å². The molecule has 0 aromatic heterocycles. The van der Waals surface area contributed by atoms with Crippen LogP contribution in [0.4, 0.5) is 0 Å². The van der Waals surface area contributed by atoms with Gasteiger partial charge in [0.05, 0.1) is 5.41 Å². The number of ether oxygens (including phenoxy) is 1. The molecule has 0 N–H and O–H groups in total. The summed E-state index contributed by atoms with van der Waals surface area (Å²) in [6.07, 6.45) is 8.69. The van der Waals surface area contributed by atoms with Gasteiger partial charge >= 0.3 is 5.97 Å². The van der Waals surface area contributed by atoms with Gasteiger partial charge in [0.1, 0.15) is 6.10 Å². The van der Waals surface area contributed by atoms with Crippen molar-refractivity contribution >= 4 is 5.97 Å². The normalized spacial score (nSPS) is 33.2. The highest BCUT2D eigenvalue weighted by atomic mass is 16.5. The fourth-order valence-electron chi connectivity index (χ4n) is 3.22. The molecule has 0 aromatic carbocycles. The van der Waals surface area contributed by atoms with Gasteiger partial charge in [-0.05, 0) is 51.4 Å². The Morgan fingerprint density at radius 3 is 2.59 bits per heavy atom. The van der Waals surface area contributed by atoms with Crippen molar-refractivity contribution in [2.45, 2.75) is 71.8 Å². The smallest absolute Gasteiger partial charge is 0.311 e. The third-order valence-electron chi connectivity index (χ3n) is 4.95. The number of hydrogen-bond donors (Lipinski definition) is 0. The molecule has 2 saturated carbocycles. The Labute approximate surface area is 105 Å². The zero-order valence-corrected chi connectivity index (χ0v) is 11.5. The van der Waals surface area contributed by atoms with Gasteiger partial charge in [-0.2, -0.15) is 0 Å². The number of carbonyl (C=O) groups is 1. The molecular weight excluding hydrogens is 212 g/mol. The van der Waals surface area contributed by atoms with E-state index in [1.807, 2.05) is 13.8 Å². The van der Waals surface area contributed by atoms with Crippen LogP contribution in [0.5, 0.6) is 0 Å². The summed E-state index contributed by atoms with van der Waals surface area (Å²) in [6, 6.07) is 0. The highest BCUT2D eigenvalue weighted by Gasteiger charge is 2.37. The molecule has 0 amide bonds. The maximum absolute atomic E-state index is 12.0. The number of hydrogen-bond acceptors (Lipinski definition) is 2. The third-order valence-corrected chi connectivity index (χ3v) is 4.95. The number of carbonyl (C=O) groups excluding carboxylic acids is 1. The van der Waals surface area contributed by atoms with Crippen LogP contribution in [-0.4, -0.2) is 12.1 Å². The van der Waals surface area contributed by atoms with Crippen LogP contribution in [0.3, 0.4) is 0 Å². The molecule has 2 fully saturated rings. The lowest BCUT2D eigenvalue weighted by atomic mass is 9.80. The molecule has 0 saturated heterocycles. The van der Waals surface area contributed by atoms with Crippen LogP contribution < -0.4 is 0 Å². The number of fused-ring (bicyclic) bond motifs is 1. The molecule has 2 aliphatic rings. The van der Waals surface area contributed by atoms with Gasteiger partial charge in [-0.25, -0.2) is 0 Å². The number of rotatable bonds is 3. The third kappa shape index (κ3) is 2.83. The van der Waals surface area contributed by atoms with Crippen molar-refractivity contribution in [2.75, 3.05) is 0 Å². The molecule has 2 aliphatic carbocycles. The molecule has 0 spiro atoms. The summed E-state index contributed by atoms with van der Waals surface area (Å²) in [5.74, 6) is 1.77. The van der Waals surface area contributed by atoms with E-state index in [9.17, 15) is 4.79 Å². The van der Waals surface area contributed by atoms with E-state index in [2.05, 4.69) is 6.92 Å². The van der Waals surface area contributed by atoms with Gasteiger partial charge in [0.2, 0.25) is 0 Å². The zero-order chi connectivity index (χ0) is 12.5. The minimum Gasteiger partial charge on any atom is -0.462 e. The molecular formula is C15H26O2. The molecule has 3 atom stereocenters. The van der Waals surface area contributed by atoms with Crippen molar-refractivity contribution < 1.29 is 9.53 Å². The molecule has 98 valence electrons. The summed E-state index contributed by atoms with van der Waals surface area (Å²) in [5, 5.41) is 0. The Hall–Kier alpha value is -0.530. The first-order valence-corrected chi connectivity index (χ1v) is 7.24. The summed E-state index contributed by atoms with van der Waals surface area (Å²) >= 11 is 0. The molecule has 2 rings (SSSR count). The largest absolute Gasteiger partial charge is 0.462 e. The van der Waals surface area contributed by atoms with E-state index in [4.69, 9.17) is 4.74 Å². The van der Waals surface area contributed by atoms with Crippen LogP contribution in [0.2, 0.25) is 0 Å².